The molecule has 0 aliphatic carbocycles. The molecule has 0 aromatic carbocycles. The molecule has 1 heterocycles. The Morgan fingerprint density at radius 1 is 1.45 bits per heavy atom. The quantitative estimate of drug-likeness (QED) is 0.847. The number of methoxy groups -OCH3 is 1. The van der Waals surface area contributed by atoms with Gasteiger partial charge in [-0.15, -0.1) is 0 Å². The van der Waals surface area contributed by atoms with Crippen molar-refractivity contribution in [2.45, 2.75) is 39.3 Å². The zero-order valence-corrected chi connectivity index (χ0v) is 12.7. The highest BCUT2D eigenvalue weighted by molar-refractivity contribution is 5.75. The van der Waals surface area contributed by atoms with Crippen molar-refractivity contribution in [1.82, 2.24) is 15.1 Å². The zero-order chi connectivity index (χ0) is 15.5. The first-order valence-electron chi connectivity index (χ1n) is 6.22. The summed E-state index contributed by atoms with van der Waals surface area (Å²) in [4.78, 5) is 23.0. The zero-order valence-electron chi connectivity index (χ0n) is 12.7. The molecule has 112 valence electrons. The number of amides is 1. The molecule has 0 saturated carbocycles. The molecule has 1 amide bonds. The number of aryl methyl sites for hydroxylation is 2. The fourth-order valence-corrected chi connectivity index (χ4v) is 1.86. The molecule has 0 aliphatic heterocycles. The van der Waals surface area contributed by atoms with Gasteiger partial charge in [0.2, 0.25) is 5.88 Å². The van der Waals surface area contributed by atoms with Gasteiger partial charge < -0.3 is 19.6 Å². The number of carbonyl (C=O) groups excluding carboxylic acids is 2. The van der Waals surface area contributed by atoms with Crippen LogP contribution in [0.25, 0.3) is 0 Å². The lowest BCUT2D eigenvalue weighted by atomic mass is 10.1. The van der Waals surface area contributed by atoms with E-state index in [0.29, 0.717) is 23.4 Å². The van der Waals surface area contributed by atoms with E-state index < -0.39 is 17.7 Å². The molecule has 0 saturated heterocycles. The molecule has 0 radical (unpaired) electrons. The number of nitrogens with zero attached hydrogens (tertiary/aromatic N) is 2. The maximum absolute atomic E-state index is 11.8. The Kier molecular flexibility index (Phi) is 4.75. The van der Waals surface area contributed by atoms with Crippen molar-refractivity contribution in [3.05, 3.63) is 11.3 Å². The summed E-state index contributed by atoms with van der Waals surface area (Å²) in [5.41, 5.74) is 0.499. The summed E-state index contributed by atoms with van der Waals surface area (Å²) < 4.78 is 11.9. The number of hydrogen-bond donors (Lipinski definition) is 1. The number of alkyl carbamates (subject to hydrolysis) is 1. The topological polar surface area (TPSA) is 82.4 Å². The predicted molar refractivity (Wildman–Crippen MR) is 72.7 cm³/mol. The molecule has 1 atom stereocenters. The summed E-state index contributed by atoms with van der Waals surface area (Å²) >= 11 is 0. The molecule has 1 aromatic heterocycles. The van der Waals surface area contributed by atoms with E-state index in [1.54, 1.807) is 34.7 Å². The Morgan fingerprint density at radius 3 is 2.50 bits per heavy atom. The van der Waals surface area contributed by atoms with Crippen LogP contribution in [0, 0.1) is 6.92 Å². The minimum Gasteiger partial charge on any atom is -0.481 e. The molecule has 0 aliphatic rings. The fourth-order valence-electron chi connectivity index (χ4n) is 1.86. The summed E-state index contributed by atoms with van der Waals surface area (Å²) in [6.07, 6.45) is -0.0453. The molecule has 0 bridgehead atoms. The van der Waals surface area contributed by atoms with Gasteiger partial charge in [-0.3, -0.25) is 0 Å². The molecule has 7 heteroatoms. The van der Waals surface area contributed by atoms with Gasteiger partial charge in [-0.05, 0) is 27.7 Å². The normalized spacial score (nSPS) is 12.7. The van der Waals surface area contributed by atoms with Gasteiger partial charge in [0.05, 0.1) is 18.4 Å². The van der Waals surface area contributed by atoms with Crippen molar-refractivity contribution in [1.29, 1.82) is 0 Å². The highest BCUT2D eigenvalue weighted by atomic mass is 16.6. The van der Waals surface area contributed by atoms with Crippen LogP contribution < -0.4 is 10.1 Å². The summed E-state index contributed by atoms with van der Waals surface area (Å²) in [7, 11) is 3.18. The maximum Gasteiger partial charge on any atom is 0.408 e. The van der Waals surface area contributed by atoms with Gasteiger partial charge in [-0.1, -0.05) is 0 Å². The number of hydrogen-bond acceptors (Lipinski definition) is 5. The minimum atomic E-state index is -0.867. The molecule has 1 aromatic rings. The van der Waals surface area contributed by atoms with Crippen LogP contribution in [0.4, 0.5) is 4.79 Å². The molecule has 0 spiro atoms. The second kappa shape index (κ2) is 5.94. The molecule has 7 nitrogen and oxygen atoms in total. The number of aldehydes is 1. The van der Waals surface area contributed by atoms with Gasteiger partial charge >= 0.3 is 6.09 Å². The van der Waals surface area contributed by atoms with Gasteiger partial charge in [0, 0.05) is 7.05 Å². The van der Waals surface area contributed by atoms with E-state index in [0.717, 1.165) is 0 Å². The van der Waals surface area contributed by atoms with Crippen LogP contribution in [0.3, 0.4) is 0 Å². The Hall–Kier alpha value is -2.05. The van der Waals surface area contributed by atoms with Crippen LogP contribution in [-0.4, -0.2) is 34.9 Å². The van der Waals surface area contributed by atoms with E-state index in [-0.39, 0.29) is 0 Å². The maximum atomic E-state index is 11.8. The third kappa shape index (κ3) is 3.72. The number of aromatic nitrogens is 2. The van der Waals surface area contributed by atoms with E-state index in [9.17, 15) is 9.59 Å². The largest absolute Gasteiger partial charge is 0.481 e. The van der Waals surface area contributed by atoms with Gasteiger partial charge in [0.15, 0.2) is 0 Å². The summed E-state index contributed by atoms with van der Waals surface area (Å²) in [5, 5.41) is 6.68. The third-order valence-electron chi connectivity index (χ3n) is 2.53. The lowest BCUT2D eigenvalue weighted by Gasteiger charge is -2.21. The summed E-state index contributed by atoms with van der Waals surface area (Å²) in [6.45, 7) is 6.99. The van der Waals surface area contributed by atoms with Crippen molar-refractivity contribution < 1.29 is 19.1 Å². The van der Waals surface area contributed by atoms with E-state index in [1.165, 1.54) is 11.8 Å². The van der Waals surface area contributed by atoms with E-state index in [1.807, 2.05) is 0 Å². The second-order valence-electron chi connectivity index (χ2n) is 5.39. The average molecular weight is 283 g/mol. The first kappa shape index (κ1) is 16.0. The Bertz CT molecular complexity index is 502. The molecule has 1 unspecified atom stereocenters. The van der Waals surface area contributed by atoms with Gasteiger partial charge in [-0.2, -0.15) is 5.10 Å². The molecular formula is C13H21N3O4. The fraction of sp³-hybridized carbons (Fsp3) is 0.615. The van der Waals surface area contributed by atoms with Crippen LogP contribution in [0.1, 0.15) is 38.1 Å². The van der Waals surface area contributed by atoms with Crippen LogP contribution in [0.2, 0.25) is 0 Å². The Balaban J connectivity index is 2.98. The average Bonchev–Trinajstić information content (AvgIpc) is 2.58. The van der Waals surface area contributed by atoms with Crippen LogP contribution in [0.15, 0.2) is 0 Å². The lowest BCUT2D eigenvalue weighted by Crippen LogP contribution is -2.35. The number of carbonyl (C=O) groups is 2. The SMILES string of the molecule is COc1c(C(C=O)NC(=O)OC(C)(C)C)c(C)nn1C. The van der Waals surface area contributed by atoms with Crippen molar-refractivity contribution in [3.8, 4) is 5.88 Å². The van der Waals surface area contributed by atoms with Crippen LogP contribution in [0.5, 0.6) is 5.88 Å². The van der Waals surface area contributed by atoms with Crippen LogP contribution in [-0.2, 0) is 16.6 Å². The predicted octanol–water partition coefficient (Wildman–Crippen LogP) is 1.50. The number of nitrogens with one attached hydrogen (secondary N) is 1. The minimum absolute atomic E-state index is 0.427. The van der Waals surface area contributed by atoms with E-state index in [2.05, 4.69) is 10.4 Å². The van der Waals surface area contributed by atoms with E-state index >= 15 is 0 Å². The van der Waals surface area contributed by atoms with Gasteiger partial charge in [0.1, 0.15) is 17.9 Å². The summed E-state index contributed by atoms with van der Waals surface area (Å²) in [5.74, 6) is 0.427. The summed E-state index contributed by atoms with van der Waals surface area (Å²) in [6, 6.07) is -0.867. The molecule has 1 rings (SSSR count). The monoisotopic (exact) mass is 283 g/mol. The molecule has 20 heavy (non-hydrogen) atoms. The molecule has 1 N–H and O–H groups in total. The van der Waals surface area contributed by atoms with Crippen molar-refractivity contribution in [2.24, 2.45) is 7.05 Å². The van der Waals surface area contributed by atoms with E-state index in [4.69, 9.17) is 9.47 Å². The van der Waals surface area contributed by atoms with Crippen molar-refractivity contribution in [2.75, 3.05) is 7.11 Å². The standard InChI is InChI=1S/C13H21N3O4/c1-8-10(11(19-6)16(5)15-8)9(7-17)14-12(18)20-13(2,3)4/h7,9H,1-6H3,(H,14,18). The Morgan fingerprint density at radius 2 is 2.05 bits per heavy atom. The van der Waals surface area contributed by atoms with Gasteiger partial charge in [-0.25, -0.2) is 9.48 Å². The first-order chi connectivity index (χ1) is 9.19. The third-order valence-corrected chi connectivity index (χ3v) is 2.53. The molecule has 0 fully saturated rings. The smallest absolute Gasteiger partial charge is 0.408 e. The Labute approximate surface area is 118 Å². The number of ether oxygens (including phenoxy) is 2. The lowest BCUT2D eigenvalue weighted by molar-refractivity contribution is -0.109. The van der Waals surface area contributed by atoms with Crippen LogP contribution >= 0.6 is 0 Å². The first-order valence-corrected chi connectivity index (χ1v) is 6.22. The molecular weight excluding hydrogens is 262 g/mol. The van der Waals surface area contributed by atoms with Gasteiger partial charge in [0.25, 0.3) is 0 Å². The van der Waals surface area contributed by atoms with Crippen molar-refractivity contribution in [3.63, 3.8) is 0 Å². The van der Waals surface area contributed by atoms with Crippen molar-refractivity contribution >= 4 is 12.4 Å². The highest BCUT2D eigenvalue weighted by Gasteiger charge is 2.26. The second-order valence-corrected chi connectivity index (χ2v) is 5.39. The highest BCUT2D eigenvalue weighted by Crippen LogP contribution is 2.27. The number of rotatable bonds is 4.